The Morgan fingerprint density at radius 2 is 1.96 bits per heavy atom. The van der Waals surface area contributed by atoms with Gasteiger partial charge in [0.05, 0.1) is 0 Å². The van der Waals surface area contributed by atoms with Crippen molar-refractivity contribution in [3.05, 3.63) is 95.2 Å². The lowest BCUT2D eigenvalue weighted by molar-refractivity contribution is 0.805. The van der Waals surface area contributed by atoms with Crippen molar-refractivity contribution < 1.29 is 0 Å². The van der Waals surface area contributed by atoms with Crippen LogP contribution in [0.3, 0.4) is 0 Å². The van der Waals surface area contributed by atoms with Gasteiger partial charge in [-0.05, 0) is 68.2 Å². The minimum atomic E-state index is -0.103. The average Bonchev–Trinajstić information content (AvgIpc) is 2.61. The smallest absolute Gasteiger partial charge is 0.0483 e. The van der Waals surface area contributed by atoms with Gasteiger partial charge < -0.3 is 5.73 Å². The van der Waals surface area contributed by atoms with Crippen molar-refractivity contribution >= 4 is 0 Å². The van der Waals surface area contributed by atoms with Gasteiger partial charge in [0, 0.05) is 6.04 Å². The van der Waals surface area contributed by atoms with Gasteiger partial charge in [-0.1, -0.05) is 72.9 Å². The van der Waals surface area contributed by atoms with E-state index in [2.05, 4.69) is 45.7 Å². The van der Waals surface area contributed by atoms with E-state index in [-0.39, 0.29) is 6.04 Å². The Morgan fingerprint density at radius 1 is 1.20 bits per heavy atom. The molecule has 0 aromatic heterocycles. The summed E-state index contributed by atoms with van der Waals surface area (Å²) in [5, 5.41) is 0. The first-order chi connectivity index (χ1) is 12.0. The number of allylic oxidation sites excluding steroid dienone is 10. The van der Waals surface area contributed by atoms with Gasteiger partial charge in [-0.2, -0.15) is 0 Å². The SMILES string of the molecule is C=CC=CC(N)/C(C=C)=C1\CC=C(C2=C(C)CC=C(C(=C)C)C2)CC1. The molecule has 0 amide bonds. The van der Waals surface area contributed by atoms with Crippen molar-refractivity contribution in [2.24, 2.45) is 5.73 Å². The maximum atomic E-state index is 6.29. The molecular formula is C24H31N. The van der Waals surface area contributed by atoms with Gasteiger partial charge in [0.1, 0.15) is 0 Å². The number of hydrogen-bond acceptors (Lipinski definition) is 1. The van der Waals surface area contributed by atoms with Gasteiger partial charge in [-0.15, -0.1) is 0 Å². The van der Waals surface area contributed by atoms with E-state index in [1.807, 2.05) is 18.2 Å². The molecule has 2 aliphatic rings. The molecule has 1 atom stereocenters. The van der Waals surface area contributed by atoms with Crippen LogP contribution in [0.15, 0.2) is 95.2 Å². The summed E-state index contributed by atoms with van der Waals surface area (Å²) in [4.78, 5) is 0. The molecule has 0 saturated carbocycles. The molecule has 25 heavy (non-hydrogen) atoms. The Labute approximate surface area is 153 Å². The summed E-state index contributed by atoms with van der Waals surface area (Å²) in [6.07, 6.45) is 17.5. The van der Waals surface area contributed by atoms with Crippen LogP contribution < -0.4 is 5.73 Å². The minimum absolute atomic E-state index is 0.103. The summed E-state index contributed by atoms with van der Waals surface area (Å²) in [6.45, 7) is 16.2. The third-order valence-corrected chi connectivity index (χ3v) is 5.21. The molecule has 1 heteroatoms. The van der Waals surface area contributed by atoms with Crippen molar-refractivity contribution in [3.8, 4) is 0 Å². The van der Waals surface area contributed by atoms with Crippen LogP contribution in [-0.2, 0) is 0 Å². The molecule has 2 aliphatic carbocycles. The van der Waals surface area contributed by atoms with E-state index in [0.29, 0.717) is 0 Å². The monoisotopic (exact) mass is 333 g/mol. The molecule has 0 spiro atoms. The molecule has 1 unspecified atom stereocenters. The molecule has 0 aliphatic heterocycles. The van der Waals surface area contributed by atoms with Gasteiger partial charge in [0.2, 0.25) is 0 Å². The van der Waals surface area contributed by atoms with Crippen LogP contribution in [0, 0.1) is 0 Å². The van der Waals surface area contributed by atoms with Crippen LogP contribution >= 0.6 is 0 Å². The number of rotatable bonds is 6. The first-order valence-corrected chi connectivity index (χ1v) is 9.10. The predicted molar refractivity (Wildman–Crippen MR) is 111 cm³/mol. The van der Waals surface area contributed by atoms with Crippen LogP contribution in [0.1, 0.15) is 46.0 Å². The molecule has 2 rings (SSSR count). The van der Waals surface area contributed by atoms with Crippen molar-refractivity contribution in [1.82, 2.24) is 0 Å². The maximum absolute atomic E-state index is 6.29. The van der Waals surface area contributed by atoms with Crippen LogP contribution in [0.2, 0.25) is 0 Å². The summed E-state index contributed by atoms with van der Waals surface area (Å²) >= 11 is 0. The fraction of sp³-hybridized carbons (Fsp3) is 0.333. The van der Waals surface area contributed by atoms with Gasteiger partial charge in [0.25, 0.3) is 0 Å². The molecule has 1 nitrogen and oxygen atoms in total. The Balaban J connectivity index is 2.20. The van der Waals surface area contributed by atoms with Crippen LogP contribution in [0.25, 0.3) is 0 Å². The Morgan fingerprint density at radius 3 is 2.52 bits per heavy atom. The normalized spacial score (nSPS) is 21.6. The van der Waals surface area contributed by atoms with Crippen molar-refractivity contribution in [1.29, 1.82) is 0 Å². The molecule has 0 bridgehead atoms. The van der Waals surface area contributed by atoms with Gasteiger partial charge in [0.15, 0.2) is 0 Å². The highest BCUT2D eigenvalue weighted by Crippen LogP contribution is 2.38. The summed E-state index contributed by atoms with van der Waals surface area (Å²) in [5.41, 5.74) is 16.0. The molecule has 0 saturated heterocycles. The summed E-state index contributed by atoms with van der Waals surface area (Å²) in [7, 11) is 0. The van der Waals surface area contributed by atoms with E-state index in [0.717, 1.165) is 37.7 Å². The van der Waals surface area contributed by atoms with Crippen LogP contribution in [0.4, 0.5) is 0 Å². The average molecular weight is 334 g/mol. The molecular weight excluding hydrogens is 302 g/mol. The van der Waals surface area contributed by atoms with Crippen LogP contribution in [0.5, 0.6) is 0 Å². The maximum Gasteiger partial charge on any atom is 0.0483 e. The summed E-state index contributed by atoms with van der Waals surface area (Å²) in [6, 6.07) is -0.103. The lowest BCUT2D eigenvalue weighted by Crippen LogP contribution is -2.21. The molecule has 0 aromatic carbocycles. The van der Waals surface area contributed by atoms with E-state index in [1.165, 1.54) is 33.4 Å². The van der Waals surface area contributed by atoms with Gasteiger partial charge in [-0.25, -0.2) is 0 Å². The van der Waals surface area contributed by atoms with E-state index in [4.69, 9.17) is 5.73 Å². The molecule has 0 fully saturated rings. The summed E-state index contributed by atoms with van der Waals surface area (Å²) < 4.78 is 0. The highest BCUT2D eigenvalue weighted by molar-refractivity contribution is 5.48. The van der Waals surface area contributed by atoms with Crippen molar-refractivity contribution in [2.45, 2.75) is 52.0 Å². The molecule has 0 heterocycles. The van der Waals surface area contributed by atoms with E-state index in [9.17, 15) is 0 Å². The molecule has 0 radical (unpaired) electrons. The molecule has 2 N–H and O–H groups in total. The Bertz CT molecular complexity index is 719. The van der Waals surface area contributed by atoms with Crippen LogP contribution in [-0.4, -0.2) is 6.04 Å². The zero-order valence-electron chi connectivity index (χ0n) is 15.8. The molecule has 132 valence electrons. The zero-order chi connectivity index (χ0) is 18.4. The van der Waals surface area contributed by atoms with Crippen molar-refractivity contribution in [3.63, 3.8) is 0 Å². The lowest BCUT2D eigenvalue weighted by atomic mass is 9.80. The van der Waals surface area contributed by atoms with E-state index in [1.54, 1.807) is 6.08 Å². The highest BCUT2D eigenvalue weighted by Gasteiger charge is 2.20. The first kappa shape index (κ1) is 19.2. The number of nitrogens with two attached hydrogens (primary N) is 1. The minimum Gasteiger partial charge on any atom is -0.321 e. The second-order valence-corrected chi connectivity index (χ2v) is 6.99. The third kappa shape index (κ3) is 4.70. The number of hydrogen-bond donors (Lipinski definition) is 1. The first-order valence-electron chi connectivity index (χ1n) is 9.10. The summed E-state index contributed by atoms with van der Waals surface area (Å²) in [5.74, 6) is 0. The quantitative estimate of drug-likeness (QED) is 0.570. The van der Waals surface area contributed by atoms with Gasteiger partial charge >= 0.3 is 0 Å². The van der Waals surface area contributed by atoms with E-state index >= 15 is 0 Å². The standard InChI is InChI=1S/C24H31N/c1-6-8-9-24(25)22(7-2)19-12-14-20(15-13-19)23-16-21(17(3)4)11-10-18(23)5/h6-9,11,14,24H,1-3,10,12-13,15-16,25H2,4-5H3/b9-8?,22-19+. The fourth-order valence-electron chi connectivity index (χ4n) is 3.62. The predicted octanol–water partition coefficient (Wildman–Crippen LogP) is 6.26. The second-order valence-electron chi connectivity index (χ2n) is 6.99. The van der Waals surface area contributed by atoms with Gasteiger partial charge in [-0.3, -0.25) is 0 Å². The Hall–Kier alpha value is -2.12. The fourth-order valence-corrected chi connectivity index (χ4v) is 3.62. The zero-order valence-corrected chi connectivity index (χ0v) is 15.8. The van der Waals surface area contributed by atoms with E-state index < -0.39 is 0 Å². The van der Waals surface area contributed by atoms with Crippen molar-refractivity contribution in [2.75, 3.05) is 0 Å². The largest absolute Gasteiger partial charge is 0.321 e. The molecule has 0 aromatic rings. The highest BCUT2D eigenvalue weighted by atomic mass is 14.6. The second kappa shape index (κ2) is 8.82. The Kier molecular flexibility index (Phi) is 6.78. The topological polar surface area (TPSA) is 26.0 Å². The lowest BCUT2D eigenvalue weighted by Gasteiger charge is -2.26. The third-order valence-electron chi connectivity index (χ3n) is 5.21.